The van der Waals surface area contributed by atoms with E-state index in [1.807, 2.05) is 12.1 Å². The molecule has 18 heavy (non-hydrogen) atoms. The highest BCUT2D eigenvalue weighted by molar-refractivity contribution is 5.26. The van der Waals surface area contributed by atoms with Crippen molar-refractivity contribution >= 4 is 0 Å². The topological polar surface area (TPSA) is 32.3 Å². The van der Waals surface area contributed by atoms with Gasteiger partial charge in [-0.15, -0.1) is 0 Å². The van der Waals surface area contributed by atoms with Gasteiger partial charge in [0, 0.05) is 6.04 Å². The zero-order chi connectivity index (χ0) is 12.8. The van der Waals surface area contributed by atoms with Crippen LogP contribution in [0.15, 0.2) is 24.3 Å². The van der Waals surface area contributed by atoms with E-state index in [9.17, 15) is 5.11 Å². The molecule has 100 valence electrons. The van der Waals surface area contributed by atoms with Gasteiger partial charge in [0.25, 0.3) is 0 Å². The highest BCUT2D eigenvalue weighted by Gasteiger charge is 2.21. The molecular weight excluding hydrogens is 222 g/mol. The molecule has 1 atom stereocenters. The zero-order valence-electron chi connectivity index (χ0n) is 11.4. The van der Waals surface area contributed by atoms with E-state index >= 15 is 0 Å². The van der Waals surface area contributed by atoms with Crippen molar-refractivity contribution in [3.63, 3.8) is 0 Å². The van der Waals surface area contributed by atoms with Crippen molar-refractivity contribution in [2.45, 2.75) is 51.0 Å². The van der Waals surface area contributed by atoms with E-state index in [2.05, 4.69) is 12.4 Å². The number of rotatable bonds is 4. The number of nitrogens with one attached hydrogen (secondary N) is 1. The van der Waals surface area contributed by atoms with E-state index in [4.69, 9.17) is 0 Å². The van der Waals surface area contributed by atoms with Gasteiger partial charge in [-0.1, -0.05) is 37.8 Å². The van der Waals surface area contributed by atoms with E-state index < -0.39 is 0 Å². The maximum absolute atomic E-state index is 9.32. The van der Waals surface area contributed by atoms with Gasteiger partial charge in [0.2, 0.25) is 0 Å². The average Bonchev–Trinajstić information content (AvgIpc) is 2.67. The predicted octanol–water partition coefficient (Wildman–Crippen LogP) is 3.49. The molecule has 2 heteroatoms. The second kappa shape index (κ2) is 6.79. The summed E-state index contributed by atoms with van der Waals surface area (Å²) >= 11 is 0. The number of phenolic OH excluding ortho intramolecular Hbond substituents is 1. The lowest BCUT2D eigenvalue weighted by Gasteiger charge is -2.26. The maximum Gasteiger partial charge on any atom is 0.115 e. The summed E-state index contributed by atoms with van der Waals surface area (Å²) in [7, 11) is 2.08. The quantitative estimate of drug-likeness (QED) is 0.798. The van der Waals surface area contributed by atoms with Crippen LogP contribution in [0.3, 0.4) is 0 Å². The summed E-state index contributed by atoms with van der Waals surface area (Å²) in [5, 5.41) is 12.8. The molecule has 1 aromatic carbocycles. The highest BCUT2D eigenvalue weighted by atomic mass is 16.3. The number of aromatic hydroxyl groups is 1. The normalized spacial score (nSPS) is 19.4. The van der Waals surface area contributed by atoms with Crippen molar-refractivity contribution in [1.82, 2.24) is 5.32 Å². The summed E-state index contributed by atoms with van der Waals surface area (Å²) in [5.41, 5.74) is 1.32. The third-order valence-corrected chi connectivity index (χ3v) is 4.23. The molecule has 0 radical (unpaired) electrons. The molecule has 1 unspecified atom stereocenters. The molecule has 2 nitrogen and oxygen atoms in total. The van der Waals surface area contributed by atoms with Crippen LogP contribution in [0.4, 0.5) is 0 Å². The van der Waals surface area contributed by atoms with Crippen LogP contribution in [0.1, 0.15) is 44.1 Å². The van der Waals surface area contributed by atoms with Crippen LogP contribution in [0.5, 0.6) is 5.75 Å². The van der Waals surface area contributed by atoms with Crippen LogP contribution >= 0.6 is 0 Å². The second-order valence-corrected chi connectivity index (χ2v) is 5.52. The molecule has 2 rings (SSSR count). The Hall–Kier alpha value is -1.02. The van der Waals surface area contributed by atoms with Crippen molar-refractivity contribution < 1.29 is 5.11 Å². The smallest absolute Gasteiger partial charge is 0.115 e. The fourth-order valence-corrected chi connectivity index (χ4v) is 3.10. The molecule has 0 bridgehead atoms. The summed E-state index contributed by atoms with van der Waals surface area (Å²) in [5.74, 6) is 1.17. The van der Waals surface area contributed by atoms with Crippen LogP contribution in [0.25, 0.3) is 0 Å². The maximum atomic E-state index is 9.32. The Morgan fingerprint density at radius 2 is 1.72 bits per heavy atom. The molecule has 1 aromatic rings. The first kappa shape index (κ1) is 13.4. The van der Waals surface area contributed by atoms with Gasteiger partial charge in [-0.2, -0.15) is 0 Å². The third-order valence-electron chi connectivity index (χ3n) is 4.23. The molecular formula is C16H25NO. The van der Waals surface area contributed by atoms with Gasteiger partial charge >= 0.3 is 0 Å². The van der Waals surface area contributed by atoms with Crippen molar-refractivity contribution in [1.29, 1.82) is 0 Å². The van der Waals surface area contributed by atoms with Gasteiger partial charge in [-0.05, 0) is 49.9 Å². The fourth-order valence-electron chi connectivity index (χ4n) is 3.10. The standard InChI is InChI=1S/C16H25NO/c1-17-16(14-6-4-2-3-5-7-14)12-13-8-10-15(18)11-9-13/h8-11,14,16-18H,2-7,12H2,1H3. The van der Waals surface area contributed by atoms with Crippen molar-refractivity contribution in [3.8, 4) is 5.75 Å². The minimum Gasteiger partial charge on any atom is -0.508 e. The minimum atomic E-state index is 0.356. The minimum absolute atomic E-state index is 0.356. The molecule has 0 spiro atoms. The molecule has 1 aliphatic carbocycles. The van der Waals surface area contributed by atoms with Crippen LogP contribution in [0.2, 0.25) is 0 Å². The highest BCUT2D eigenvalue weighted by Crippen LogP contribution is 2.27. The number of phenols is 1. The van der Waals surface area contributed by atoms with Gasteiger partial charge in [-0.3, -0.25) is 0 Å². The van der Waals surface area contributed by atoms with Crippen molar-refractivity contribution in [2.24, 2.45) is 5.92 Å². The first-order valence-electron chi connectivity index (χ1n) is 7.25. The first-order chi connectivity index (χ1) is 8.79. The van der Waals surface area contributed by atoms with Crippen molar-refractivity contribution in [3.05, 3.63) is 29.8 Å². The molecule has 0 heterocycles. The Morgan fingerprint density at radius 3 is 2.28 bits per heavy atom. The first-order valence-corrected chi connectivity index (χ1v) is 7.25. The zero-order valence-corrected chi connectivity index (χ0v) is 11.4. The average molecular weight is 247 g/mol. The molecule has 1 saturated carbocycles. The summed E-state index contributed by atoms with van der Waals surface area (Å²) in [4.78, 5) is 0. The largest absolute Gasteiger partial charge is 0.508 e. The fraction of sp³-hybridized carbons (Fsp3) is 0.625. The van der Waals surface area contributed by atoms with E-state index in [0.29, 0.717) is 11.8 Å². The van der Waals surface area contributed by atoms with Gasteiger partial charge in [0.05, 0.1) is 0 Å². The lowest BCUT2D eigenvalue weighted by Crippen LogP contribution is -2.35. The van der Waals surface area contributed by atoms with Crippen LogP contribution in [-0.2, 0) is 6.42 Å². The Kier molecular flexibility index (Phi) is 5.06. The molecule has 0 amide bonds. The van der Waals surface area contributed by atoms with Gasteiger partial charge in [-0.25, -0.2) is 0 Å². The third kappa shape index (κ3) is 3.74. The lowest BCUT2D eigenvalue weighted by molar-refractivity contribution is 0.332. The summed E-state index contributed by atoms with van der Waals surface area (Å²) in [6.45, 7) is 0. The molecule has 0 aromatic heterocycles. The molecule has 1 fully saturated rings. The Morgan fingerprint density at radius 1 is 1.11 bits per heavy atom. The monoisotopic (exact) mass is 247 g/mol. The number of likely N-dealkylation sites (N-methyl/N-ethyl adjacent to an activating group) is 1. The SMILES string of the molecule is CNC(Cc1ccc(O)cc1)C1CCCCCC1. The van der Waals surface area contributed by atoms with E-state index in [-0.39, 0.29) is 0 Å². The Labute approximate surface area is 110 Å². The molecule has 1 aliphatic rings. The number of benzene rings is 1. The Bertz CT molecular complexity index is 339. The van der Waals surface area contributed by atoms with E-state index in [1.54, 1.807) is 12.1 Å². The summed E-state index contributed by atoms with van der Waals surface area (Å²) in [6, 6.07) is 8.23. The van der Waals surface area contributed by atoms with Crippen LogP contribution in [-0.4, -0.2) is 18.2 Å². The lowest BCUT2D eigenvalue weighted by atomic mass is 9.88. The van der Waals surface area contributed by atoms with Gasteiger partial charge in [0.15, 0.2) is 0 Å². The molecule has 0 saturated heterocycles. The van der Waals surface area contributed by atoms with Crippen LogP contribution in [0, 0.1) is 5.92 Å². The van der Waals surface area contributed by atoms with Crippen LogP contribution < -0.4 is 5.32 Å². The molecule has 2 N–H and O–H groups in total. The predicted molar refractivity (Wildman–Crippen MR) is 75.9 cm³/mol. The van der Waals surface area contributed by atoms with Gasteiger partial charge < -0.3 is 10.4 Å². The van der Waals surface area contributed by atoms with E-state index in [0.717, 1.165) is 12.3 Å². The van der Waals surface area contributed by atoms with E-state index in [1.165, 1.54) is 44.1 Å². The second-order valence-electron chi connectivity index (χ2n) is 5.52. The number of hydrogen-bond acceptors (Lipinski definition) is 2. The Balaban J connectivity index is 1.97. The summed E-state index contributed by atoms with van der Waals surface area (Å²) in [6.07, 6.45) is 9.39. The molecule has 0 aliphatic heterocycles. The van der Waals surface area contributed by atoms with Gasteiger partial charge in [0.1, 0.15) is 5.75 Å². The van der Waals surface area contributed by atoms with Crippen molar-refractivity contribution in [2.75, 3.05) is 7.05 Å². The number of hydrogen-bond donors (Lipinski definition) is 2. The summed E-state index contributed by atoms with van der Waals surface area (Å²) < 4.78 is 0.